The maximum Gasteiger partial charge on any atom is 0.328 e. The van der Waals surface area contributed by atoms with Crippen LogP contribution in [0.4, 0.5) is 4.79 Å². The summed E-state index contributed by atoms with van der Waals surface area (Å²) in [6.45, 7) is 4.50. The highest BCUT2D eigenvalue weighted by Crippen LogP contribution is 2.22. The van der Waals surface area contributed by atoms with Crippen LogP contribution >= 0.6 is 0 Å². The van der Waals surface area contributed by atoms with Gasteiger partial charge < -0.3 is 14.5 Å². The van der Waals surface area contributed by atoms with E-state index in [0.717, 1.165) is 38.8 Å². The lowest BCUT2D eigenvalue weighted by molar-refractivity contribution is -0.147. The third-order valence-corrected chi connectivity index (χ3v) is 3.43. The number of esters is 1. The molecule has 2 amide bonds. The Morgan fingerprint density at radius 1 is 1.18 bits per heavy atom. The summed E-state index contributed by atoms with van der Waals surface area (Å²) in [4.78, 5) is 27.5. The third-order valence-electron chi connectivity index (χ3n) is 3.43. The summed E-state index contributed by atoms with van der Waals surface area (Å²) in [5.74, 6) is -0.252. The second kappa shape index (κ2) is 5.38. The van der Waals surface area contributed by atoms with Crippen LogP contribution in [-0.2, 0) is 9.53 Å². The summed E-state index contributed by atoms with van der Waals surface area (Å²) in [5, 5.41) is 0. The number of rotatable bonds is 2. The molecule has 0 aromatic heterocycles. The summed E-state index contributed by atoms with van der Waals surface area (Å²) in [6, 6.07) is -0.346. The SMILES string of the molecule is CCOC(=O)C1CCCN1C(=O)N1CCCC1. The molecule has 0 bridgehead atoms. The number of hydrogen-bond acceptors (Lipinski definition) is 3. The molecule has 5 nitrogen and oxygen atoms in total. The smallest absolute Gasteiger partial charge is 0.328 e. The molecular weight excluding hydrogens is 220 g/mol. The quantitative estimate of drug-likeness (QED) is 0.682. The lowest BCUT2D eigenvalue weighted by atomic mass is 10.2. The first-order valence-corrected chi connectivity index (χ1v) is 6.46. The summed E-state index contributed by atoms with van der Waals surface area (Å²) >= 11 is 0. The van der Waals surface area contributed by atoms with Crippen molar-refractivity contribution in [2.45, 2.75) is 38.6 Å². The van der Waals surface area contributed by atoms with Crippen LogP contribution in [0.1, 0.15) is 32.6 Å². The minimum absolute atomic E-state index is 0.0121. The number of carbonyl (C=O) groups excluding carboxylic acids is 2. The van der Waals surface area contributed by atoms with E-state index in [1.54, 1.807) is 11.8 Å². The molecule has 2 heterocycles. The Labute approximate surface area is 102 Å². The third kappa shape index (κ3) is 2.53. The van der Waals surface area contributed by atoms with E-state index in [2.05, 4.69) is 0 Å². The molecule has 2 rings (SSSR count). The summed E-state index contributed by atoms with van der Waals surface area (Å²) in [7, 11) is 0. The molecule has 0 spiro atoms. The molecule has 0 N–H and O–H groups in total. The Balaban J connectivity index is 1.98. The molecule has 2 saturated heterocycles. The lowest BCUT2D eigenvalue weighted by Gasteiger charge is -2.28. The first-order valence-electron chi connectivity index (χ1n) is 6.46. The Morgan fingerprint density at radius 3 is 2.53 bits per heavy atom. The number of ether oxygens (including phenoxy) is 1. The van der Waals surface area contributed by atoms with Gasteiger partial charge in [-0.2, -0.15) is 0 Å². The van der Waals surface area contributed by atoms with Gasteiger partial charge in [-0.25, -0.2) is 9.59 Å². The second-order valence-electron chi connectivity index (χ2n) is 4.58. The Hall–Kier alpha value is -1.26. The average molecular weight is 240 g/mol. The van der Waals surface area contributed by atoms with E-state index in [0.29, 0.717) is 13.2 Å². The van der Waals surface area contributed by atoms with Gasteiger partial charge >= 0.3 is 12.0 Å². The number of hydrogen-bond donors (Lipinski definition) is 0. The van der Waals surface area contributed by atoms with Crippen LogP contribution in [0, 0.1) is 0 Å². The first-order chi connectivity index (χ1) is 8.24. The zero-order valence-electron chi connectivity index (χ0n) is 10.4. The van der Waals surface area contributed by atoms with Crippen LogP contribution in [0.2, 0.25) is 0 Å². The van der Waals surface area contributed by atoms with Crippen molar-refractivity contribution in [1.29, 1.82) is 0 Å². The van der Waals surface area contributed by atoms with E-state index in [9.17, 15) is 9.59 Å². The zero-order chi connectivity index (χ0) is 12.3. The minimum atomic E-state index is -0.358. The van der Waals surface area contributed by atoms with Gasteiger partial charge in [-0.15, -0.1) is 0 Å². The van der Waals surface area contributed by atoms with Crippen LogP contribution < -0.4 is 0 Å². The van der Waals surface area contributed by atoms with Gasteiger partial charge in [-0.3, -0.25) is 0 Å². The molecule has 0 aromatic carbocycles. The molecule has 2 aliphatic rings. The molecule has 0 saturated carbocycles. The molecule has 5 heteroatoms. The van der Waals surface area contributed by atoms with Crippen molar-refractivity contribution >= 4 is 12.0 Å². The fourth-order valence-electron chi connectivity index (χ4n) is 2.57. The number of urea groups is 1. The standard InChI is InChI=1S/C12H20N2O3/c1-2-17-11(15)10-6-5-9-14(10)12(16)13-7-3-4-8-13/h10H,2-9H2,1H3. The van der Waals surface area contributed by atoms with Crippen molar-refractivity contribution in [2.75, 3.05) is 26.2 Å². The maximum atomic E-state index is 12.2. The molecule has 1 atom stereocenters. The van der Waals surface area contributed by atoms with Gasteiger partial charge in [0.2, 0.25) is 0 Å². The van der Waals surface area contributed by atoms with E-state index in [1.165, 1.54) is 0 Å². The van der Waals surface area contributed by atoms with Crippen LogP contribution in [0.15, 0.2) is 0 Å². The highest BCUT2D eigenvalue weighted by Gasteiger charge is 2.37. The molecule has 17 heavy (non-hydrogen) atoms. The Bertz CT molecular complexity index is 300. The largest absolute Gasteiger partial charge is 0.464 e. The summed E-state index contributed by atoms with van der Waals surface area (Å²) in [5.41, 5.74) is 0. The van der Waals surface area contributed by atoms with Gasteiger partial charge in [0.05, 0.1) is 6.61 Å². The number of nitrogens with zero attached hydrogens (tertiary/aromatic N) is 2. The first kappa shape index (κ1) is 12.2. The van der Waals surface area contributed by atoms with E-state index in [-0.39, 0.29) is 18.0 Å². The van der Waals surface area contributed by atoms with Crippen LogP contribution in [0.3, 0.4) is 0 Å². The maximum absolute atomic E-state index is 12.2. The van der Waals surface area contributed by atoms with Crippen molar-refractivity contribution in [3.63, 3.8) is 0 Å². The Kier molecular flexibility index (Phi) is 3.86. The van der Waals surface area contributed by atoms with Gasteiger partial charge in [-0.05, 0) is 32.6 Å². The topological polar surface area (TPSA) is 49.9 Å². The number of amides is 2. The van der Waals surface area contributed by atoms with Crippen molar-refractivity contribution < 1.29 is 14.3 Å². The van der Waals surface area contributed by atoms with E-state index < -0.39 is 0 Å². The highest BCUT2D eigenvalue weighted by molar-refractivity contribution is 5.84. The van der Waals surface area contributed by atoms with Gasteiger partial charge in [0.1, 0.15) is 6.04 Å². The predicted octanol–water partition coefficient (Wildman–Crippen LogP) is 1.23. The molecule has 1 unspecified atom stereocenters. The summed E-state index contributed by atoms with van der Waals surface area (Å²) < 4.78 is 5.02. The van der Waals surface area contributed by atoms with E-state index in [1.807, 2.05) is 4.90 Å². The second-order valence-corrected chi connectivity index (χ2v) is 4.58. The van der Waals surface area contributed by atoms with E-state index >= 15 is 0 Å². The highest BCUT2D eigenvalue weighted by atomic mass is 16.5. The normalized spacial score (nSPS) is 24.2. The van der Waals surface area contributed by atoms with Crippen molar-refractivity contribution in [3.05, 3.63) is 0 Å². The molecule has 0 radical (unpaired) electrons. The van der Waals surface area contributed by atoms with Gasteiger partial charge in [0.15, 0.2) is 0 Å². The average Bonchev–Trinajstić information content (AvgIpc) is 3.00. The molecule has 2 fully saturated rings. The summed E-state index contributed by atoms with van der Waals surface area (Å²) in [6.07, 6.45) is 3.77. The van der Waals surface area contributed by atoms with Gasteiger partial charge in [-0.1, -0.05) is 0 Å². The minimum Gasteiger partial charge on any atom is -0.464 e. The molecular formula is C12H20N2O3. The molecule has 96 valence electrons. The van der Waals surface area contributed by atoms with Crippen molar-refractivity contribution in [3.8, 4) is 0 Å². The molecule has 0 aromatic rings. The zero-order valence-corrected chi connectivity index (χ0v) is 10.4. The molecule has 2 aliphatic heterocycles. The fraction of sp³-hybridized carbons (Fsp3) is 0.833. The molecule has 0 aliphatic carbocycles. The van der Waals surface area contributed by atoms with Crippen LogP contribution in [-0.4, -0.2) is 54.1 Å². The number of carbonyl (C=O) groups is 2. The fourth-order valence-corrected chi connectivity index (χ4v) is 2.57. The number of likely N-dealkylation sites (tertiary alicyclic amines) is 2. The van der Waals surface area contributed by atoms with Gasteiger partial charge in [0.25, 0.3) is 0 Å². The van der Waals surface area contributed by atoms with E-state index in [4.69, 9.17) is 4.74 Å². The Morgan fingerprint density at radius 2 is 1.88 bits per heavy atom. The lowest BCUT2D eigenvalue weighted by Crippen LogP contribution is -2.47. The van der Waals surface area contributed by atoms with Gasteiger partial charge in [0, 0.05) is 19.6 Å². The monoisotopic (exact) mass is 240 g/mol. The van der Waals surface area contributed by atoms with Crippen LogP contribution in [0.5, 0.6) is 0 Å². The van der Waals surface area contributed by atoms with Crippen molar-refractivity contribution in [1.82, 2.24) is 9.80 Å². The van der Waals surface area contributed by atoms with Crippen LogP contribution in [0.25, 0.3) is 0 Å². The van der Waals surface area contributed by atoms with Crippen molar-refractivity contribution in [2.24, 2.45) is 0 Å². The predicted molar refractivity (Wildman–Crippen MR) is 62.6 cm³/mol.